The van der Waals surface area contributed by atoms with Crippen molar-refractivity contribution >= 4 is 40.1 Å². The number of fused-ring (bicyclic) bond motifs is 1. The van der Waals surface area contributed by atoms with Crippen molar-refractivity contribution in [1.82, 2.24) is 4.98 Å². The maximum absolute atomic E-state index is 12.6. The summed E-state index contributed by atoms with van der Waals surface area (Å²) in [6, 6.07) is 16.2. The lowest BCUT2D eigenvalue weighted by Gasteiger charge is -2.16. The molecule has 0 unspecified atom stereocenters. The highest BCUT2D eigenvalue weighted by Gasteiger charge is 2.36. The van der Waals surface area contributed by atoms with Gasteiger partial charge in [0.2, 0.25) is 5.91 Å². The van der Waals surface area contributed by atoms with Crippen molar-refractivity contribution < 1.29 is 14.3 Å². The summed E-state index contributed by atoms with van der Waals surface area (Å²) >= 11 is 6.00. The highest BCUT2D eigenvalue weighted by atomic mass is 35.5. The summed E-state index contributed by atoms with van der Waals surface area (Å²) in [5.74, 6) is -0.673. The minimum absolute atomic E-state index is 0.115. The molecule has 4 rings (SSSR count). The Bertz CT molecular complexity index is 1000. The Balaban J connectivity index is 1.53. The van der Waals surface area contributed by atoms with Crippen LogP contribution in [0.5, 0.6) is 5.75 Å². The van der Waals surface area contributed by atoms with Crippen molar-refractivity contribution in [2.45, 2.75) is 6.42 Å². The number of rotatable bonds is 3. The van der Waals surface area contributed by atoms with Crippen LogP contribution in [0.15, 0.2) is 60.8 Å². The Labute approximate surface area is 155 Å². The molecule has 0 N–H and O–H groups in total. The highest BCUT2D eigenvalue weighted by Crippen LogP contribution is 2.29. The molecule has 1 aliphatic rings. The first-order valence-corrected chi connectivity index (χ1v) is 8.61. The lowest BCUT2D eigenvalue weighted by Crippen LogP contribution is -2.27. The second-order valence-electron chi connectivity index (χ2n) is 6.14. The fourth-order valence-electron chi connectivity index (χ4n) is 3.11. The quantitative estimate of drug-likeness (QED) is 0.522. The smallest absolute Gasteiger partial charge is 0.316 e. The van der Waals surface area contributed by atoms with Gasteiger partial charge in [-0.15, -0.1) is 0 Å². The molecule has 2 aromatic carbocycles. The van der Waals surface area contributed by atoms with Crippen molar-refractivity contribution in [2.75, 3.05) is 11.4 Å². The second kappa shape index (κ2) is 6.77. The van der Waals surface area contributed by atoms with E-state index in [0.29, 0.717) is 22.0 Å². The van der Waals surface area contributed by atoms with Crippen molar-refractivity contribution in [3.8, 4) is 5.75 Å². The van der Waals surface area contributed by atoms with E-state index >= 15 is 0 Å². The molecule has 1 amide bonds. The van der Waals surface area contributed by atoms with Crippen molar-refractivity contribution in [3.63, 3.8) is 0 Å². The van der Waals surface area contributed by atoms with Gasteiger partial charge in [0.05, 0.1) is 5.92 Å². The number of pyridine rings is 1. The molecule has 26 heavy (non-hydrogen) atoms. The van der Waals surface area contributed by atoms with Crippen molar-refractivity contribution in [2.24, 2.45) is 5.92 Å². The van der Waals surface area contributed by atoms with Crippen LogP contribution in [-0.2, 0) is 9.59 Å². The summed E-state index contributed by atoms with van der Waals surface area (Å²) in [6.45, 7) is 0.274. The first-order chi connectivity index (χ1) is 12.6. The third kappa shape index (κ3) is 3.13. The summed E-state index contributed by atoms with van der Waals surface area (Å²) in [4.78, 5) is 30.8. The van der Waals surface area contributed by atoms with Crippen LogP contribution in [0, 0.1) is 5.92 Å². The van der Waals surface area contributed by atoms with Crippen LogP contribution in [0.2, 0.25) is 5.02 Å². The number of aromatic nitrogens is 1. The molecule has 0 radical (unpaired) electrons. The maximum Gasteiger partial charge on any atom is 0.316 e. The third-order valence-electron chi connectivity index (χ3n) is 4.38. The van der Waals surface area contributed by atoms with Gasteiger partial charge in [-0.25, -0.2) is 0 Å². The van der Waals surface area contributed by atoms with Gasteiger partial charge in [-0.1, -0.05) is 35.9 Å². The number of anilines is 1. The van der Waals surface area contributed by atoms with E-state index < -0.39 is 11.9 Å². The van der Waals surface area contributed by atoms with Crippen LogP contribution in [0.4, 0.5) is 5.69 Å². The molecule has 1 aliphatic heterocycles. The Morgan fingerprint density at radius 3 is 2.81 bits per heavy atom. The molecule has 130 valence electrons. The molecule has 1 saturated heterocycles. The van der Waals surface area contributed by atoms with Gasteiger partial charge < -0.3 is 9.64 Å². The van der Waals surface area contributed by atoms with E-state index in [1.807, 2.05) is 24.3 Å². The zero-order chi connectivity index (χ0) is 18.1. The minimum atomic E-state index is -0.527. The Morgan fingerprint density at radius 1 is 1.15 bits per heavy atom. The number of benzene rings is 2. The molecule has 3 aromatic rings. The molecule has 1 atom stereocenters. The SMILES string of the molecule is O=C(Oc1cccc2cccnc12)[C@@H]1CC(=O)N(c2cccc(Cl)c2)C1. The Kier molecular flexibility index (Phi) is 4.31. The molecule has 1 fully saturated rings. The van der Waals surface area contributed by atoms with E-state index in [0.717, 1.165) is 5.39 Å². The van der Waals surface area contributed by atoms with Crippen LogP contribution in [-0.4, -0.2) is 23.4 Å². The summed E-state index contributed by atoms with van der Waals surface area (Å²) in [6.07, 6.45) is 1.77. The van der Waals surface area contributed by atoms with Gasteiger partial charge in [-0.05, 0) is 30.3 Å². The van der Waals surface area contributed by atoms with E-state index in [4.69, 9.17) is 16.3 Å². The molecule has 0 spiro atoms. The van der Waals surface area contributed by atoms with Gasteiger partial charge in [-0.3, -0.25) is 14.6 Å². The van der Waals surface area contributed by atoms with E-state index in [-0.39, 0.29) is 18.9 Å². The van der Waals surface area contributed by atoms with Crippen LogP contribution in [0.25, 0.3) is 10.9 Å². The van der Waals surface area contributed by atoms with Gasteiger partial charge in [-0.2, -0.15) is 0 Å². The first kappa shape index (κ1) is 16.5. The lowest BCUT2D eigenvalue weighted by atomic mass is 10.1. The topological polar surface area (TPSA) is 59.5 Å². The molecular formula is C20H15ClN2O3. The second-order valence-corrected chi connectivity index (χ2v) is 6.57. The normalized spacial score (nSPS) is 16.9. The largest absolute Gasteiger partial charge is 0.424 e. The number of halogens is 1. The third-order valence-corrected chi connectivity index (χ3v) is 4.62. The first-order valence-electron chi connectivity index (χ1n) is 8.23. The number of nitrogens with zero attached hydrogens (tertiary/aromatic N) is 2. The van der Waals surface area contributed by atoms with Crippen LogP contribution < -0.4 is 9.64 Å². The molecule has 2 heterocycles. The van der Waals surface area contributed by atoms with E-state index in [9.17, 15) is 9.59 Å². The van der Waals surface area contributed by atoms with Gasteiger partial charge in [0, 0.05) is 35.3 Å². The summed E-state index contributed by atoms with van der Waals surface area (Å²) < 4.78 is 5.56. The van der Waals surface area contributed by atoms with Crippen LogP contribution in [0.1, 0.15) is 6.42 Å². The number of para-hydroxylation sites is 1. The summed E-state index contributed by atoms with van der Waals surface area (Å²) in [5, 5.41) is 1.43. The average Bonchev–Trinajstić information content (AvgIpc) is 3.04. The van der Waals surface area contributed by atoms with Crippen molar-refractivity contribution in [3.05, 3.63) is 65.8 Å². The molecule has 0 saturated carbocycles. The van der Waals surface area contributed by atoms with E-state index in [1.54, 1.807) is 41.4 Å². The zero-order valence-corrected chi connectivity index (χ0v) is 14.5. The molecule has 5 nitrogen and oxygen atoms in total. The predicted molar refractivity (Wildman–Crippen MR) is 99.3 cm³/mol. The van der Waals surface area contributed by atoms with Crippen LogP contribution >= 0.6 is 11.6 Å². The standard InChI is InChI=1S/C20H15ClN2O3/c21-15-6-2-7-16(11-15)23-12-14(10-18(23)24)20(25)26-17-8-1-4-13-5-3-9-22-19(13)17/h1-9,11,14H,10,12H2/t14-/m1/s1. The predicted octanol–water partition coefficient (Wildman–Crippen LogP) is 3.85. The molecule has 1 aromatic heterocycles. The van der Waals surface area contributed by atoms with Gasteiger partial charge in [0.15, 0.2) is 5.75 Å². The fourth-order valence-corrected chi connectivity index (χ4v) is 3.29. The summed E-state index contributed by atoms with van der Waals surface area (Å²) in [5.41, 5.74) is 1.31. The number of esters is 1. The molecular weight excluding hydrogens is 352 g/mol. The number of amides is 1. The molecule has 0 bridgehead atoms. The van der Waals surface area contributed by atoms with Crippen molar-refractivity contribution in [1.29, 1.82) is 0 Å². The summed E-state index contributed by atoms with van der Waals surface area (Å²) in [7, 11) is 0. The fraction of sp³-hybridized carbons (Fsp3) is 0.150. The molecule has 6 heteroatoms. The van der Waals surface area contributed by atoms with Crippen LogP contribution in [0.3, 0.4) is 0 Å². The van der Waals surface area contributed by atoms with Gasteiger partial charge >= 0.3 is 5.97 Å². The Hall–Kier alpha value is -2.92. The maximum atomic E-state index is 12.6. The zero-order valence-electron chi connectivity index (χ0n) is 13.8. The highest BCUT2D eigenvalue weighted by molar-refractivity contribution is 6.31. The van der Waals surface area contributed by atoms with Gasteiger partial charge in [0.25, 0.3) is 0 Å². The van der Waals surface area contributed by atoms with E-state index in [1.165, 1.54) is 0 Å². The number of ether oxygens (including phenoxy) is 1. The Morgan fingerprint density at radius 2 is 1.96 bits per heavy atom. The number of hydrogen-bond acceptors (Lipinski definition) is 4. The van der Waals surface area contributed by atoms with E-state index in [2.05, 4.69) is 4.98 Å². The number of hydrogen-bond donors (Lipinski definition) is 0. The monoisotopic (exact) mass is 366 g/mol. The lowest BCUT2D eigenvalue weighted by molar-refractivity contribution is -0.139. The average molecular weight is 367 g/mol. The number of carbonyl (C=O) groups is 2. The minimum Gasteiger partial charge on any atom is -0.424 e. The molecule has 0 aliphatic carbocycles. The number of carbonyl (C=O) groups excluding carboxylic acids is 2. The van der Waals surface area contributed by atoms with Gasteiger partial charge in [0.1, 0.15) is 5.52 Å².